The van der Waals surface area contributed by atoms with Crippen LogP contribution in [0, 0.1) is 0 Å². The summed E-state index contributed by atoms with van der Waals surface area (Å²) in [6, 6.07) is 15.3. The van der Waals surface area contributed by atoms with Gasteiger partial charge in [-0.3, -0.25) is 14.4 Å². The van der Waals surface area contributed by atoms with Crippen LogP contribution in [0.1, 0.15) is 106 Å². The van der Waals surface area contributed by atoms with E-state index in [0.717, 1.165) is 48.2 Å². The highest BCUT2D eigenvalue weighted by Gasteiger charge is 2.11. The van der Waals surface area contributed by atoms with E-state index in [-0.39, 0.29) is 27.8 Å². The van der Waals surface area contributed by atoms with E-state index in [0.29, 0.717) is 24.3 Å². The van der Waals surface area contributed by atoms with Gasteiger partial charge in [-0.15, -0.1) is 0 Å². The maximum atomic E-state index is 12.1. The lowest BCUT2D eigenvalue weighted by Gasteiger charge is -2.20. The SMILES string of the molecule is CC(=O)SCc1ccc(C(=O)CCCNC(C)(C)C)cc1.CC(C)(C)NCCCC(=O)c1ccc(CS)cc1. The minimum absolute atomic E-state index is 0.0963. The second kappa shape index (κ2) is 17.7. The van der Waals surface area contributed by atoms with Crippen molar-refractivity contribution >= 4 is 41.1 Å². The minimum Gasteiger partial charge on any atom is -0.312 e. The molecule has 5 nitrogen and oxygen atoms in total. The van der Waals surface area contributed by atoms with Crippen molar-refractivity contribution < 1.29 is 14.4 Å². The number of thioether (sulfide) groups is 1. The van der Waals surface area contributed by atoms with Gasteiger partial charge in [0, 0.05) is 53.5 Å². The minimum atomic E-state index is 0.0963. The fourth-order valence-corrected chi connectivity index (χ4v) is 4.25. The summed E-state index contributed by atoms with van der Waals surface area (Å²) in [5, 5.41) is 6.88. The Hall–Kier alpha value is -1.93. The van der Waals surface area contributed by atoms with E-state index in [9.17, 15) is 14.4 Å². The number of ketones is 2. The summed E-state index contributed by atoms with van der Waals surface area (Å²) in [6.45, 7) is 16.0. The van der Waals surface area contributed by atoms with Crippen LogP contribution >= 0.6 is 24.4 Å². The van der Waals surface area contributed by atoms with Crippen molar-refractivity contribution in [2.24, 2.45) is 0 Å². The van der Waals surface area contributed by atoms with Crippen molar-refractivity contribution in [1.82, 2.24) is 10.6 Å². The van der Waals surface area contributed by atoms with Gasteiger partial charge in [-0.05, 0) is 78.6 Å². The molecule has 0 aliphatic rings. The molecule has 0 aliphatic carbocycles. The molecular weight excluding hydrogens is 524 g/mol. The highest BCUT2D eigenvalue weighted by atomic mass is 32.2. The van der Waals surface area contributed by atoms with E-state index in [1.807, 2.05) is 48.5 Å². The second-order valence-corrected chi connectivity index (χ2v) is 13.2. The first-order chi connectivity index (χ1) is 18.2. The van der Waals surface area contributed by atoms with Crippen molar-refractivity contribution in [3.05, 3.63) is 70.8 Å². The molecule has 216 valence electrons. The fourth-order valence-electron chi connectivity index (χ4n) is 3.48. The molecule has 0 atom stereocenters. The Labute approximate surface area is 246 Å². The van der Waals surface area contributed by atoms with E-state index < -0.39 is 0 Å². The molecule has 0 saturated heterocycles. The summed E-state index contributed by atoms with van der Waals surface area (Å²) in [5.74, 6) is 1.77. The van der Waals surface area contributed by atoms with E-state index in [1.165, 1.54) is 11.8 Å². The highest BCUT2D eigenvalue weighted by Crippen LogP contribution is 2.15. The number of hydrogen-bond acceptors (Lipinski definition) is 7. The van der Waals surface area contributed by atoms with Gasteiger partial charge in [0.25, 0.3) is 0 Å². The smallest absolute Gasteiger partial charge is 0.186 e. The standard InChI is InChI=1S/C17H25NO2S.C15H23NOS/c1-13(19)21-12-14-7-9-15(10-8-14)16(20)6-5-11-18-17(2,3)4;1-15(2,3)16-10-4-5-14(17)13-8-6-12(11-18)7-9-13/h7-10,18H,5-6,11-12H2,1-4H3;6-9,16,18H,4-5,10-11H2,1-3H3. The Bertz CT molecular complexity index is 1020. The number of carbonyl (C=O) groups excluding carboxylic acids is 3. The molecule has 0 radical (unpaired) electrons. The summed E-state index contributed by atoms with van der Waals surface area (Å²) in [6.07, 6.45) is 2.89. The van der Waals surface area contributed by atoms with Crippen LogP contribution in [-0.2, 0) is 16.3 Å². The third kappa shape index (κ3) is 17.4. The molecule has 0 aromatic heterocycles. The van der Waals surface area contributed by atoms with E-state index >= 15 is 0 Å². The van der Waals surface area contributed by atoms with Gasteiger partial charge in [0.1, 0.15) is 0 Å². The third-order valence-corrected chi connectivity index (χ3v) is 6.90. The zero-order valence-corrected chi connectivity index (χ0v) is 26.6. The molecule has 2 aromatic carbocycles. The number of hydrogen-bond donors (Lipinski definition) is 3. The van der Waals surface area contributed by atoms with Gasteiger partial charge in [0.05, 0.1) is 0 Å². The van der Waals surface area contributed by atoms with Crippen LogP contribution in [-0.4, -0.2) is 40.8 Å². The maximum absolute atomic E-state index is 12.1. The summed E-state index contributed by atoms with van der Waals surface area (Å²) in [4.78, 5) is 34.9. The van der Waals surface area contributed by atoms with Gasteiger partial charge in [0.2, 0.25) is 0 Å². The van der Waals surface area contributed by atoms with Crippen LogP contribution in [0.5, 0.6) is 0 Å². The second-order valence-electron chi connectivity index (χ2n) is 11.7. The predicted molar refractivity (Wildman–Crippen MR) is 170 cm³/mol. The molecule has 2 N–H and O–H groups in total. The summed E-state index contributed by atoms with van der Waals surface area (Å²) < 4.78 is 0. The van der Waals surface area contributed by atoms with Gasteiger partial charge in [-0.1, -0.05) is 60.3 Å². The average molecular weight is 573 g/mol. The maximum Gasteiger partial charge on any atom is 0.186 e. The molecule has 0 heterocycles. The zero-order valence-electron chi connectivity index (χ0n) is 24.9. The Kier molecular flexibility index (Phi) is 15.9. The number of rotatable bonds is 13. The topological polar surface area (TPSA) is 75.3 Å². The number of nitrogens with one attached hydrogen (secondary N) is 2. The summed E-state index contributed by atoms with van der Waals surface area (Å²) >= 11 is 5.48. The first-order valence-corrected chi connectivity index (χ1v) is 15.3. The Balaban J connectivity index is 0.000000395. The van der Waals surface area contributed by atoms with Gasteiger partial charge in [-0.2, -0.15) is 12.6 Å². The number of carbonyl (C=O) groups is 3. The van der Waals surface area contributed by atoms with E-state index in [1.54, 1.807) is 6.92 Å². The third-order valence-electron chi connectivity index (χ3n) is 5.65. The van der Waals surface area contributed by atoms with Gasteiger partial charge in [0.15, 0.2) is 16.7 Å². The largest absolute Gasteiger partial charge is 0.312 e. The first-order valence-electron chi connectivity index (χ1n) is 13.7. The number of Topliss-reactive ketones (excluding diaryl/α,β-unsaturated/α-hetero) is 2. The summed E-state index contributed by atoms with van der Waals surface area (Å²) in [5.41, 5.74) is 3.99. The van der Waals surface area contributed by atoms with Crippen LogP contribution in [0.4, 0.5) is 0 Å². The normalized spacial score (nSPS) is 11.5. The number of benzene rings is 2. The molecule has 0 unspecified atom stereocenters. The molecule has 39 heavy (non-hydrogen) atoms. The van der Waals surface area contributed by atoms with Gasteiger partial charge >= 0.3 is 0 Å². The van der Waals surface area contributed by atoms with E-state index in [4.69, 9.17) is 0 Å². The van der Waals surface area contributed by atoms with Crippen molar-refractivity contribution in [3.8, 4) is 0 Å². The molecule has 0 spiro atoms. The Morgan fingerprint density at radius 2 is 1.08 bits per heavy atom. The lowest BCUT2D eigenvalue weighted by molar-refractivity contribution is -0.109. The van der Waals surface area contributed by atoms with Gasteiger partial charge in [-0.25, -0.2) is 0 Å². The molecular formula is C32H48N2O3S2. The quantitative estimate of drug-likeness (QED) is 0.133. The van der Waals surface area contributed by atoms with Crippen molar-refractivity contribution in [3.63, 3.8) is 0 Å². The summed E-state index contributed by atoms with van der Waals surface area (Å²) in [7, 11) is 0. The van der Waals surface area contributed by atoms with Crippen LogP contribution < -0.4 is 10.6 Å². The van der Waals surface area contributed by atoms with E-state index in [2.05, 4.69) is 64.8 Å². The van der Waals surface area contributed by atoms with Crippen molar-refractivity contribution in [1.29, 1.82) is 0 Å². The Morgan fingerprint density at radius 3 is 1.41 bits per heavy atom. The molecule has 0 amide bonds. The Morgan fingerprint density at radius 1 is 0.692 bits per heavy atom. The average Bonchev–Trinajstić information content (AvgIpc) is 2.87. The monoisotopic (exact) mass is 572 g/mol. The van der Waals surface area contributed by atoms with Crippen molar-refractivity contribution in [2.45, 2.75) is 96.7 Å². The molecule has 2 aromatic rings. The van der Waals surface area contributed by atoms with Crippen LogP contribution in [0.25, 0.3) is 0 Å². The molecule has 0 aliphatic heterocycles. The zero-order chi connectivity index (χ0) is 29.5. The van der Waals surface area contributed by atoms with Gasteiger partial charge < -0.3 is 10.6 Å². The first kappa shape index (κ1) is 35.1. The predicted octanol–water partition coefficient (Wildman–Crippen LogP) is 7.28. The molecule has 0 bridgehead atoms. The van der Waals surface area contributed by atoms with Crippen LogP contribution in [0.2, 0.25) is 0 Å². The van der Waals surface area contributed by atoms with Crippen molar-refractivity contribution in [2.75, 3.05) is 13.1 Å². The molecule has 0 fully saturated rings. The highest BCUT2D eigenvalue weighted by molar-refractivity contribution is 8.12. The lowest BCUT2D eigenvalue weighted by Crippen LogP contribution is -2.36. The van der Waals surface area contributed by atoms with Crippen LogP contribution in [0.15, 0.2) is 48.5 Å². The molecule has 2 rings (SSSR count). The lowest BCUT2D eigenvalue weighted by atomic mass is 10.0. The fraction of sp³-hybridized carbons (Fsp3) is 0.531. The molecule has 7 heteroatoms. The van der Waals surface area contributed by atoms with Crippen LogP contribution in [0.3, 0.4) is 0 Å². The number of thiol groups is 1. The molecule has 0 saturated carbocycles.